The second kappa shape index (κ2) is 8.55. The zero-order valence-electron chi connectivity index (χ0n) is 16.5. The maximum atomic E-state index is 12.5. The molecule has 1 unspecified atom stereocenters. The van der Waals surface area contributed by atoms with Gasteiger partial charge < -0.3 is 14.8 Å². The number of aromatic nitrogens is 2. The SMILES string of the molecule is CC(C)N1CCOC(C(=O)Nc2ccc(Oc3nncc4ccccc34)cc2)C1. The second-order valence-electron chi connectivity index (χ2n) is 7.30. The molecule has 0 saturated carbocycles. The highest BCUT2D eigenvalue weighted by atomic mass is 16.5. The van der Waals surface area contributed by atoms with E-state index >= 15 is 0 Å². The highest BCUT2D eigenvalue weighted by molar-refractivity contribution is 5.94. The number of benzene rings is 2. The van der Waals surface area contributed by atoms with Crippen molar-refractivity contribution in [2.45, 2.75) is 26.0 Å². The van der Waals surface area contributed by atoms with Gasteiger partial charge in [0.25, 0.3) is 5.91 Å². The Morgan fingerprint density at radius 2 is 2.00 bits per heavy atom. The van der Waals surface area contributed by atoms with E-state index in [-0.39, 0.29) is 5.91 Å². The van der Waals surface area contributed by atoms with E-state index in [1.54, 1.807) is 30.5 Å². The van der Waals surface area contributed by atoms with Crippen LogP contribution in [-0.2, 0) is 9.53 Å². The van der Waals surface area contributed by atoms with Gasteiger partial charge in [0.1, 0.15) is 11.9 Å². The van der Waals surface area contributed by atoms with Crippen molar-refractivity contribution < 1.29 is 14.3 Å². The molecule has 0 radical (unpaired) electrons. The minimum Gasteiger partial charge on any atom is -0.437 e. The molecule has 0 aliphatic carbocycles. The van der Waals surface area contributed by atoms with Crippen LogP contribution in [0.3, 0.4) is 0 Å². The number of ether oxygens (including phenoxy) is 2. The molecule has 2 heterocycles. The number of rotatable bonds is 5. The first-order valence-corrected chi connectivity index (χ1v) is 9.75. The predicted octanol–water partition coefficient (Wildman–Crippen LogP) is 3.47. The number of hydrogen-bond acceptors (Lipinski definition) is 6. The molecule has 0 bridgehead atoms. The highest BCUT2D eigenvalue weighted by Gasteiger charge is 2.27. The van der Waals surface area contributed by atoms with Gasteiger partial charge >= 0.3 is 0 Å². The molecule has 4 rings (SSSR count). The summed E-state index contributed by atoms with van der Waals surface area (Å²) < 4.78 is 11.5. The lowest BCUT2D eigenvalue weighted by Gasteiger charge is -2.34. The summed E-state index contributed by atoms with van der Waals surface area (Å²) in [6, 6.07) is 15.4. The monoisotopic (exact) mass is 392 g/mol. The quantitative estimate of drug-likeness (QED) is 0.717. The first kappa shape index (κ1) is 19.3. The zero-order valence-corrected chi connectivity index (χ0v) is 16.5. The molecular formula is C22H24N4O3. The fourth-order valence-electron chi connectivity index (χ4n) is 3.31. The van der Waals surface area contributed by atoms with E-state index in [0.717, 1.165) is 17.3 Å². The summed E-state index contributed by atoms with van der Waals surface area (Å²) in [5.41, 5.74) is 0.691. The third-order valence-corrected chi connectivity index (χ3v) is 4.99. The van der Waals surface area contributed by atoms with Gasteiger partial charge in [-0.1, -0.05) is 18.2 Å². The van der Waals surface area contributed by atoms with Gasteiger partial charge in [-0.3, -0.25) is 9.69 Å². The summed E-state index contributed by atoms with van der Waals surface area (Å²) >= 11 is 0. The Morgan fingerprint density at radius 3 is 2.79 bits per heavy atom. The van der Waals surface area contributed by atoms with Crippen LogP contribution in [0.4, 0.5) is 5.69 Å². The first-order chi connectivity index (χ1) is 14.1. The molecule has 2 aromatic carbocycles. The number of fused-ring (bicyclic) bond motifs is 1. The zero-order chi connectivity index (χ0) is 20.2. The molecule has 3 aromatic rings. The largest absolute Gasteiger partial charge is 0.437 e. The second-order valence-corrected chi connectivity index (χ2v) is 7.30. The third-order valence-electron chi connectivity index (χ3n) is 4.99. The van der Waals surface area contributed by atoms with Gasteiger partial charge in [0.05, 0.1) is 12.8 Å². The lowest BCUT2D eigenvalue weighted by molar-refractivity contribution is -0.133. The van der Waals surface area contributed by atoms with Crippen LogP contribution in [0.15, 0.2) is 54.7 Å². The number of carbonyl (C=O) groups is 1. The fraction of sp³-hybridized carbons (Fsp3) is 0.318. The maximum Gasteiger partial charge on any atom is 0.254 e. The summed E-state index contributed by atoms with van der Waals surface area (Å²) in [5, 5.41) is 12.9. The number of amides is 1. The van der Waals surface area contributed by atoms with Crippen molar-refractivity contribution in [2.75, 3.05) is 25.0 Å². The highest BCUT2D eigenvalue weighted by Crippen LogP contribution is 2.27. The van der Waals surface area contributed by atoms with Crippen molar-refractivity contribution in [3.8, 4) is 11.6 Å². The summed E-state index contributed by atoms with van der Waals surface area (Å²) in [5.74, 6) is 0.932. The standard InChI is InChI=1S/C22H24N4O3/c1-15(2)26-11-12-28-20(14-26)21(27)24-17-7-9-18(10-8-17)29-22-19-6-4-3-5-16(19)13-23-25-22/h3-10,13,15,20H,11-12,14H2,1-2H3,(H,24,27). The Labute approximate surface area is 169 Å². The van der Waals surface area contributed by atoms with Gasteiger partial charge in [-0.05, 0) is 44.2 Å². The van der Waals surface area contributed by atoms with Gasteiger partial charge in [0.2, 0.25) is 5.88 Å². The van der Waals surface area contributed by atoms with Crippen molar-refractivity contribution in [1.29, 1.82) is 0 Å². The van der Waals surface area contributed by atoms with Crippen LogP contribution in [0.1, 0.15) is 13.8 Å². The van der Waals surface area contributed by atoms with Crippen LogP contribution in [0.2, 0.25) is 0 Å². The molecular weight excluding hydrogens is 368 g/mol. The molecule has 1 aliphatic rings. The van der Waals surface area contributed by atoms with Crippen molar-refractivity contribution in [1.82, 2.24) is 15.1 Å². The number of nitrogens with one attached hydrogen (secondary N) is 1. The van der Waals surface area contributed by atoms with Crippen molar-refractivity contribution in [2.24, 2.45) is 0 Å². The van der Waals surface area contributed by atoms with E-state index in [2.05, 4.69) is 34.3 Å². The van der Waals surface area contributed by atoms with Crippen molar-refractivity contribution in [3.63, 3.8) is 0 Å². The molecule has 29 heavy (non-hydrogen) atoms. The topological polar surface area (TPSA) is 76.6 Å². The van der Waals surface area contributed by atoms with Crippen LogP contribution in [-0.4, -0.2) is 52.8 Å². The minimum absolute atomic E-state index is 0.135. The number of hydrogen-bond donors (Lipinski definition) is 1. The Hall–Kier alpha value is -3.03. The van der Waals surface area contributed by atoms with E-state index in [4.69, 9.17) is 9.47 Å². The number of carbonyl (C=O) groups excluding carboxylic acids is 1. The molecule has 7 heteroatoms. The molecule has 7 nitrogen and oxygen atoms in total. The smallest absolute Gasteiger partial charge is 0.254 e. The number of anilines is 1. The fourth-order valence-corrected chi connectivity index (χ4v) is 3.31. The van der Waals surface area contributed by atoms with E-state index in [0.29, 0.717) is 36.5 Å². The molecule has 1 atom stereocenters. The van der Waals surface area contributed by atoms with Gasteiger partial charge in [-0.15, -0.1) is 5.10 Å². The Kier molecular flexibility index (Phi) is 5.69. The first-order valence-electron chi connectivity index (χ1n) is 9.75. The molecule has 150 valence electrons. The Balaban J connectivity index is 1.41. The van der Waals surface area contributed by atoms with Crippen LogP contribution in [0, 0.1) is 0 Å². The molecule has 1 amide bonds. The van der Waals surface area contributed by atoms with Crippen molar-refractivity contribution in [3.05, 3.63) is 54.7 Å². The Morgan fingerprint density at radius 1 is 1.21 bits per heavy atom. The summed E-state index contributed by atoms with van der Waals surface area (Å²) in [7, 11) is 0. The van der Waals surface area contributed by atoms with Crippen molar-refractivity contribution >= 4 is 22.4 Å². The van der Waals surface area contributed by atoms with Gasteiger partial charge in [-0.25, -0.2) is 0 Å². The average molecular weight is 392 g/mol. The van der Waals surface area contributed by atoms with E-state index in [1.807, 2.05) is 24.3 Å². The summed E-state index contributed by atoms with van der Waals surface area (Å²) in [6.07, 6.45) is 1.24. The average Bonchev–Trinajstić information content (AvgIpc) is 2.75. The molecule has 1 saturated heterocycles. The molecule has 0 spiro atoms. The Bertz CT molecular complexity index is 986. The molecule has 1 fully saturated rings. The van der Waals surface area contributed by atoms with E-state index < -0.39 is 6.10 Å². The lowest BCUT2D eigenvalue weighted by Crippen LogP contribution is -2.50. The summed E-state index contributed by atoms with van der Waals surface area (Å²) in [6.45, 7) is 6.27. The number of nitrogens with zero attached hydrogens (tertiary/aromatic N) is 3. The molecule has 1 N–H and O–H groups in total. The van der Waals surface area contributed by atoms with E-state index in [9.17, 15) is 4.79 Å². The lowest BCUT2D eigenvalue weighted by atomic mass is 10.2. The third kappa shape index (κ3) is 4.52. The molecule has 1 aliphatic heterocycles. The van der Waals surface area contributed by atoms with E-state index in [1.165, 1.54) is 0 Å². The van der Waals surface area contributed by atoms with Crippen LogP contribution in [0.5, 0.6) is 11.6 Å². The predicted molar refractivity (Wildman–Crippen MR) is 111 cm³/mol. The van der Waals surface area contributed by atoms with Gasteiger partial charge in [0, 0.05) is 35.6 Å². The maximum absolute atomic E-state index is 12.5. The minimum atomic E-state index is -0.465. The summed E-state index contributed by atoms with van der Waals surface area (Å²) in [4.78, 5) is 14.8. The van der Waals surface area contributed by atoms with Crippen LogP contribution < -0.4 is 10.1 Å². The van der Waals surface area contributed by atoms with Crippen LogP contribution >= 0.6 is 0 Å². The number of morpholine rings is 1. The van der Waals surface area contributed by atoms with Gasteiger partial charge in [-0.2, -0.15) is 5.10 Å². The van der Waals surface area contributed by atoms with Crippen LogP contribution in [0.25, 0.3) is 10.8 Å². The van der Waals surface area contributed by atoms with Gasteiger partial charge in [0.15, 0.2) is 0 Å². The molecule has 1 aromatic heterocycles. The normalized spacial score (nSPS) is 17.4.